The molecule has 21 heavy (non-hydrogen) atoms. The lowest BCUT2D eigenvalue weighted by Gasteiger charge is -2.09. The van der Waals surface area contributed by atoms with Crippen molar-refractivity contribution < 1.29 is 8.42 Å². The van der Waals surface area contributed by atoms with Crippen molar-refractivity contribution in [2.45, 2.75) is 50.6 Å². The van der Waals surface area contributed by atoms with Gasteiger partial charge in [-0.05, 0) is 43.0 Å². The molecule has 4 nitrogen and oxygen atoms in total. The van der Waals surface area contributed by atoms with Gasteiger partial charge in [0, 0.05) is 17.6 Å². The number of hydrogen-bond donors (Lipinski definition) is 2. The average molecular weight is 331 g/mol. The normalized spacial score (nSPS) is 21.5. The fourth-order valence-electron chi connectivity index (χ4n) is 2.45. The number of nitrogens with one attached hydrogen (secondary N) is 2. The summed E-state index contributed by atoms with van der Waals surface area (Å²) in [4.78, 5) is 0.245. The Balaban J connectivity index is 2.05. The molecule has 6 heteroatoms. The number of hydrogen-bond acceptors (Lipinski definition) is 3. The van der Waals surface area contributed by atoms with Crippen LogP contribution in [0, 0.1) is 5.92 Å². The molecule has 1 fully saturated rings. The first kappa shape index (κ1) is 16.7. The summed E-state index contributed by atoms with van der Waals surface area (Å²) in [6.07, 6.45) is 3.11. The van der Waals surface area contributed by atoms with Crippen LogP contribution in [-0.2, 0) is 16.6 Å². The first-order chi connectivity index (χ1) is 9.97. The van der Waals surface area contributed by atoms with Gasteiger partial charge in [-0.2, -0.15) is 0 Å². The summed E-state index contributed by atoms with van der Waals surface area (Å²) in [7, 11) is -3.46. The molecule has 0 spiro atoms. The highest BCUT2D eigenvalue weighted by molar-refractivity contribution is 7.89. The Morgan fingerprint density at radius 1 is 1.33 bits per heavy atom. The van der Waals surface area contributed by atoms with Crippen LogP contribution < -0.4 is 10.0 Å². The van der Waals surface area contributed by atoms with Gasteiger partial charge in [0.1, 0.15) is 0 Å². The van der Waals surface area contributed by atoms with Crippen LogP contribution in [0.4, 0.5) is 0 Å². The Morgan fingerprint density at radius 2 is 2.10 bits per heavy atom. The molecule has 2 rings (SSSR count). The van der Waals surface area contributed by atoms with Gasteiger partial charge < -0.3 is 5.32 Å². The van der Waals surface area contributed by atoms with Crippen molar-refractivity contribution in [1.29, 1.82) is 0 Å². The molecule has 1 saturated carbocycles. The van der Waals surface area contributed by atoms with E-state index in [1.165, 1.54) is 6.07 Å². The van der Waals surface area contributed by atoms with Crippen molar-refractivity contribution in [1.82, 2.24) is 10.0 Å². The third kappa shape index (κ3) is 4.42. The van der Waals surface area contributed by atoms with Gasteiger partial charge in [-0.3, -0.25) is 0 Å². The lowest BCUT2D eigenvalue weighted by molar-refractivity contribution is 0.573. The van der Waals surface area contributed by atoms with Gasteiger partial charge in [0.25, 0.3) is 0 Å². The molecule has 0 aliphatic heterocycles. The predicted molar refractivity (Wildman–Crippen MR) is 86.0 cm³/mol. The maximum absolute atomic E-state index is 12.3. The van der Waals surface area contributed by atoms with Gasteiger partial charge in [-0.25, -0.2) is 13.1 Å². The standard InChI is InChI=1S/C15H23ClN2O2S/c1-3-5-11-8-15(11)18-21(19,20)13-7-6-12(10-17-4-2)14(16)9-13/h6-7,9,11,15,17-18H,3-5,8,10H2,1-2H3. The molecule has 2 atom stereocenters. The minimum absolute atomic E-state index is 0.0927. The molecule has 2 N–H and O–H groups in total. The summed E-state index contributed by atoms with van der Waals surface area (Å²) in [6.45, 7) is 5.62. The zero-order chi connectivity index (χ0) is 15.5. The summed E-state index contributed by atoms with van der Waals surface area (Å²) < 4.78 is 27.4. The van der Waals surface area contributed by atoms with Gasteiger partial charge in [-0.1, -0.05) is 37.9 Å². The Labute approximate surface area is 132 Å². The van der Waals surface area contributed by atoms with Crippen LogP contribution in [0.3, 0.4) is 0 Å². The van der Waals surface area contributed by atoms with Crippen molar-refractivity contribution in [3.8, 4) is 0 Å². The van der Waals surface area contributed by atoms with E-state index >= 15 is 0 Å². The fourth-order valence-corrected chi connectivity index (χ4v) is 4.10. The van der Waals surface area contributed by atoms with Crippen molar-refractivity contribution >= 4 is 21.6 Å². The van der Waals surface area contributed by atoms with E-state index in [2.05, 4.69) is 17.0 Å². The second-order valence-corrected chi connectivity index (χ2v) is 7.67. The number of benzene rings is 1. The van der Waals surface area contributed by atoms with Gasteiger partial charge >= 0.3 is 0 Å². The Hall–Kier alpha value is -0.620. The molecule has 0 bridgehead atoms. The SMILES string of the molecule is CCCC1CC1NS(=O)(=O)c1ccc(CNCC)c(Cl)c1. The molecule has 0 saturated heterocycles. The van der Waals surface area contributed by atoms with Crippen molar-refractivity contribution in [2.75, 3.05) is 6.54 Å². The van der Waals surface area contributed by atoms with Crippen LogP contribution in [0.5, 0.6) is 0 Å². The fraction of sp³-hybridized carbons (Fsp3) is 0.600. The number of sulfonamides is 1. The highest BCUT2D eigenvalue weighted by Crippen LogP contribution is 2.35. The van der Waals surface area contributed by atoms with E-state index in [9.17, 15) is 8.42 Å². The van der Waals surface area contributed by atoms with E-state index < -0.39 is 10.0 Å². The minimum atomic E-state index is -3.46. The number of rotatable bonds is 8. The quantitative estimate of drug-likeness (QED) is 0.770. The Bertz CT molecular complexity index is 589. The highest BCUT2D eigenvalue weighted by atomic mass is 35.5. The second kappa shape index (κ2) is 7.09. The molecule has 2 unspecified atom stereocenters. The Kier molecular flexibility index (Phi) is 5.66. The van der Waals surface area contributed by atoms with E-state index in [4.69, 9.17) is 11.6 Å². The lowest BCUT2D eigenvalue weighted by Crippen LogP contribution is -2.27. The molecule has 0 aromatic heterocycles. The molecule has 0 radical (unpaired) electrons. The molecule has 1 aromatic carbocycles. The van der Waals surface area contributed by atoms with Gasteiger partial charge in [-0.15, -0.1) is 0 Å². The summed E-state index contributed by atoms with van der Waals surface area (Å²) >= 11 is 6.17. The molecule has 1 aromatic rings. The van der Waals surface area contributed by atoms with Crippen LogP contribution in [0.25, 0.3) is 0 Å². The summed E-state index contributed by atoms with van der Waals surface area (Å²) in [5.74, 6) is 0.494. The van der Waals surface area contributed by atoms with E-state index in [0.29, 0.717) is 17.5 Å². The van der Waals surface area contributed by atoms with Crippen LogP contribution in [0.1, 0.15) is 38.7 Å². The number of halogens is 1. The van der Waals surface area contributed by atoms with Crippen LogP contribution in [0.15, 0.2) is 23.1 Å². The maximum Gasteiger partial charge on any atom is 0.240 e. The third-order valence-corrected chi connectivity index (χ3v) is 5.63. The van der Waals surface area contributed by atoms with Gasteiger partial charge in [0.15, 0.2) is 0 Å². The van der Waals surface area contributed by atoms with Crippen LogP contribution in [0.2, 0.25) is 5.02 Å². The van der Waals surface area contributed by atoms with E-state index in [1.54, 1.807) is 12.1 Å². The molecule has 0 amide bonds. The molecule has 0 heterocycles. The van der Waals surface area contributed by atoms with Crippen molar-refractivity contribution in [3.05, 3.63) is 28.8 Å². The monoisotopic (exact) mass is 330 g/mol. The largest absolute Gasteiger partial charge is 0.313 e. The molecular weight excluding hydrogens is 308 g/mol. The molecule has 1 aliphatic carbocycles. The molecule has 1 aliphatic rings. The molecular formula is C15H23ClN2O2S. The van der Waals surface area contributed by atoms with Crippen LogP contribution in [-0.4, -0.2) is 21.0 Å². The van der Waals surface area contributed by atoms with Gasteiger partial charge in [0.2, 0.25) is 10.0 Å². The lowest BCUT2D eigenvalue weighted by atomic mass is 10.2. The topological polar surface area (TPSA) is 58.2 Å². The van der Waals surface area contributed by atoms with E-state index in [1.807, 2.05) is 6.92 Å². The predicted octanol–water partition coefficient (Wildman–Crippen LogP) is 2.92. The minimum Gasteiger partial charge on any atom is -0.313 e. The first-order valence-electron chi connectivity index (χ1n) is 7.49. The summed E-state index contributed by atoms with van der Waals surface area (Å²) in [6, 6.07) is 5.03. The zero-order valence-corrected chi connectivity index (χ0v) is 14.1. The Morgan fingerprint density at radius 3 is 2.71 bits per heavy atom. The molecule has 118 valence electrons. The van der Waals surface area contributed by atoms with E-state index in [-0.39, 0.29) is 10.9 Å². The highest BCUT2D eigenvalue weighted by Gasteiger charge is 2.39. The average Bonchev–Trinajstić information content (AvgIpc) is 3.14. The summed E-state index contributed by atoms with van der Waals surface area (Å²) in [5, 5.41) is 3.66. The van der Waals surface area contributed by atoms with Crippen molar-refractivity contribution in [3.63, 3.8) is 0 Å². The zero-order valence-electron chi connectivity index (χ0n) is 12.5. The smallest absolute Gasteiger partial charge is 0.240 e. The van der Waals surface area contributed by atoms with E-state index in [0.717, 1.165) is 31.4 Å². The van der Waals surface area contributed by atoms with Gasteiger partial charge in [0.05, 0.1) is 4.90 Å². The first-order valence-corrected chi connectivity index (χ1v) is 9.35. The van der Waals surface area contributed by atoms with Crippen LogP contribution >= 0.6 is 11.6 Å². The third-order valence-electron chi connectivity index (χ3n) is 3.79. The second-order valence-electron chi connectivity index (χ2n) is 5.55. The summed E-state index contributed by atoms with van der Waals surface area (Å²) in [5.41, 5.74) is 0.910. The van der Waals surface area contributed by atoms with Crippen molar-refractivity contribution in [2.24, 2.45) is 5.92 Å². The maximum atomic E-state index is 12.3.